The van der Waals surface area contributed by atoms with Crippen molar-refractivity contribution in [1.82, 2.24) is 9.88 Å². The molecule has 1 amide bonds. The smallest absolute Gasteiger partial charge is 0.248 e. The first kappa shape index (κ1) is 29.2. The van der Waals surface area contributed by atoms with E-state index in [1.807, 2.05) is 37.3 Å². The van der Waals surface area contributed by atoms with E-state index in [4.69, 9.17) is 21.1 Å². The first-order chi connectivity index (χ1) is 20.4. The number of aromatic nitrogens is 1. The van der Waals surface area contributed by atoms with Crippen molar-refractivity contribution in [2.45, 2.75) is 32.2 Å². The first-order valence-corrected chi connectivity index (χ1v) is 14.5. The Hall–Kier alpha value is -4.32. The summed E-state index contributed by atoms with van der Waals surface area (Å²) in [5.41, 5.74) is 2.68. The number of nitrogens with zero attached hydrogens (tertiary/aromatic N) is 3. The summed E-state index contributed by atoms with van der Waals surface area (Å²) in [6, 6.07) is 11.5. The highest BCUT2D eigenvalue weighted by Gasteiger charge is 2.19. The van der Waals surface area contributed by atoms with E-state index in [2.05, 4.69) is 45.8 Å². The number of hydrogen-bond donors (Lipinski definition) is 2. The number of benzene rings is 2. The zero-order valence-corrected chi connectivity index (χ0v) is 24.5. The highest BCUT2D eigenvalue weighted by Crippen LogP contribution is 2.37. The molecule has 0 radical (unpaired) electrons. The number of allylic oxidation sites excluding steroid dienone is 3. The van der Waals surface area contributed by atoms with Crippen molar-refractivity contribution in [3.8, 4) is 17.6 Å². The number of fused-ring (bicyclic) bond motifs is 1. The Balaban J connectivity index is 1.41. The first-order valence-electron chi connectivity index (χ1n) is 14.2. The van der Waals surface area contributed by atoms with E-state index in [9.17, 15) is 10.1 Å². The highest BCUT2D eigenvalue weighted by molar-refractivity contribution is 6.32. The molecule has 0 spiro atoms. The predicted octanol–water partition coefficient (Wildman–Crippen LogP) is 7.00. The molecule has 0 bridgehead atoms. The molecule has 1 aliphatic heterocycles. The maximum atomic E-state index is 12.9. The predicted molar refractivity (Wildman–Crippen MR) is 168 cm³/mol. The molecule has 1 saturated heterocycles. The summed E-state index contributed by atoms with van der Waals surface area (Å²) < 4.78 is 11.8. The largest absolute Gasteiger partial charge is 0.492 e. The number of nitrogens with one attached hydrogen (secondary N) is 2. The van der Waals surface area contributed by atoms with Crippen LogP contribution in [0.4, 0.5) is 17.1 Å². The molecule has 0 saturated carbocycles. The molecule has 2 N–H and O–H groups in total. The third-order valence-electron chi connectivity index (χ3n) is 7.42. The molecular weight excluding hydrogens is 550 g/mol. The van der Waals surface area contributed by atoms with Crippen molar-refractivity contribution < 1.29 is 14.3 Å². The van der Waals surface area contributed by atoms with Gasteiger partial charge in [0.05, 0.1) is 40.7 Å². The minimum Gasteiger partial charge on any atom is -0.492 e. The minimum absolute atomic E-state index is 0.252. The summed E-state index contributed by atoms with van der Waals surface area (Å²) in [5.74, 6) is 1.15. The van der Waals surface area contributed by atoms with Crippen LogP contribution in [-0.2, 0) is 4.79 Å². The van der Waals surface area contributed by atoms with Gasteiger partial charge in [0.2, 0.25) is 5.91 Å². The van der Waals surface area contributed by atoms with Crippen LogP contribution in [0.1, 0.15) is 31.7 Å². The van der Waals surface area contributed by atoms with Crippen LogP contribution in [0.25, 0.3) is 10.9 Å². The second-order valence-corrected chi connectivity index (χ2v) is 10.8. The van der Waals surface area contributed by atoms with Gasteiger partial charge in [0.1, 0.15) is 17.6 Å². The lowest BCUT2D eigenvalue weighted by Crippen LogP contribution is -2.23. The SMILES string of the molecule is CCOc1cc2ncc(C#N)c(Nc3ccc(OCC4C=CC=CC4)c(Cl)c3)c2cc1NC(=O)/C=C/C1CCCN1C. The number of rotatable bonds is 10. The molecule has 3 aromatic rings. The van der Waals surface area contributed by atoms with Gasteiger partial charge in [-0.3, -0.25) is 14.7 Å². The Kier molecular flexibility index (Phi) is 9.42. The van der Waals surface area contributed by atoms with E-state index in [0.29, 0.717) is 69.2 Å². The summed E-state index contributed by atoms with van der Waals surface area (Å²) in [5, 5.41) is 17.3. The maximum absolute atomic E-state index is 12.9. The lowest BCUT2D eigenvalue weighted by atomic mass is 10.0. The zero-order chi connectivity index (χ0) is 29.5. The van der Waals surface area contributed by atoms with Crippen molar-refractivity contribution in [1.29, 1.82) is 5.26 Å². The Morgan fingerprint density at radius 1 is 1.24 bits per heavy atom. The van der Waals surface area contributed by atoms with Gasteiger partial charge >= 0.3 is 0 Å². The molecule has 2 heterocycles. The lowest BCUT2D eigenvalue weighted by Gasteiger charge is -2.17. The summed E-state index contributed by atoms with van der Waals surface area (Å²) in [7, 11) is 2.06. The van der Waals surface area contributed by atoms with E-state index >= 15 is 0 Å². The van der Waals surface area contributed by atoms with Crippen LogP contribution in [0.2, 0.25) is 5.02 Å². The average Bonchev–Trinajstić information content (AvgIpc) is 3.41. The number of anilines is 3. The van der Waals surface area contributed by atoms with Crippen LogP contribution in [0.15, 0.2) is 73.0 Å². The van der Waals surface area contributed by atoms with Crippen molar-refractivity contribution in [3.05, 3.63) is 83.6 Å². The van der Waals surface area contributed by atoms with Gasteiger partial charge in [0, 0.05) is 41.4 Å². The number of ether oxygens (including phenoxy) is 2. The molecule has 9 heteroatoms. The number of pyridine rings is 1. The zero-order valence-electron chi connectivity index (χ0n) is 23.8. The quantitative estimate of drug-likeness (QED) is 0.248. The van der Waals surface area contributed by atoms with Crippen LogP contribution < -0.4 is 20.1 Å². The Labute approximate surface area is 251 Å². The number of likely N-dealkylation sites (N-methyl/N-ethyl adjacent to an activating group) is 1. The number of amides is 1. The number of carbonyl (C=O) groups is 1. The van der Waals surface area contributed by atoms with Crippen LogP contribution in [-0.4, -0.2) is 48.6 Å². The van der Waals surface area contributed by atoms with Crippen LogP contribution in [0.3, 0.4) is 0 Å². The Morgan fingerprint density at radius 2 is 2.12 bits per heavy atom. The molecule has 1 fully saturated rings. The van der Waals surface area contributed by atoms with Crippen molar-refractivity contribution >= 4 is 45.5 Å². The Bertz CT molecular complexity index is 1590. The highest BCUT2D eigenvalue weighted by atomic mass is 35.5. The van der Waals surface area contributed by atoms with E-state index in [1.54, 1.807) is 24.3 Å². The molecule has 1 aliphatic carbocycles. The summed E-state index contributed by atoms with van der Waals surface area (Å²) in [6.45, 7) is 3.85. The molecule has 2 atom stereocenters. The van der Waals surface area contributed by atoms with E-state index in [1.165, 1.54) is 6.20 Å². The summed E-state index contributed by atoms with van der Waals surface area (Å²) >= 11 is 6.58. The molecule has 2 aromatic carbocycles. The third-order valence-corrected chi connectivity index (χ3v) is 7.71. The Morgan fingerprint density at radius 3 is 2.83 bits per heavy atom. The summed E-state index contributed by atoms with van der Waals surface area (Å²) in [6.07, 6.45) is 16.4. The molecule has 2 unspecified atom stereocenters. The van der Waals surface area contributed by atoms with Crippen molar-refractivity contribution in [2.75, 3.05) is 37.4 Å². The van der Waals surface area contributed by atoms with Gasteiger partial charge < -0.3 is 20.1 Å². The van der Waals surface area contributed by atoms with Crippen molar-refractivity contribution in [3.63, 3.8) is 0 Å². The van der Waals surface area contributed by atoms with Crippen molar-refractivity contribution in [2.24, 2.45) is 5.92 Å². The normalized spacial score (nSPS) is 18.3. The number of nitriles is 1. The molecular formula is C33H34ClN5O3. The summed E-state index contributed by atoms with van der Waals surface area (Å²) in [4.78, 5) is 19.6. The topological polar surface area (TPSA) is 99.5 Å². The molecule has 2 aliphatic rings. The van der Waals surface area contributed by atoms with Gasteiger partial charge in [0.25, 0.3) is 0 Å². The molecule has 216 valence electrons. The van der Waals surface area contributed by atoms with Gasteiger partial charge in [-0.05, 0) is 64.0 Å². The second-order valence-electron chi connectivity index (χ2n) is 10.4. The van der Waals surface area contributed by atoms with E-state index in [0.717, 1.165) is 25.8 Å². The number of halogens is 1. The minimum atomic E-state index is -0.253. The molecule has 1 aromatic heterocycles. The van der Waals surface area contributed by atoms with Crippen LogP contribution >= 0.6 is 11.6 Å². The number of likely N-dealkylation sites (tertiary alicyclic amines) is 1. The molecule has 42 heavy (non-hydrogen) atoms. The van der Waals surface area contributed by atoms with Crippen LogP contribution in [0, 0.1) is 17.2 Å². The standard InChI is InChI=1S/C33H34ClN5O3/c1-3-41-31-18-28-26(17-29(31)38-32(40)14-12-25-10-7-15-39(25)2)33(23(19-35)20-36-28)37-24-11-13-30(27(34)16-24)42-21-22-8-5-4-6-9-22/h4-6,8,11-14,16-18,20,22,25H,3,7,9-10,15,21H2,1-2H3,(H,36,37)(H,38,40)/b14-12+. The number of carbonyl (C=O) groups excluding carboxylic acids is 1. The van der Waals surface area contributed by atoms with Gasteiger partial charge in [0.15, 0.2) is 0 Å². The molecule has 8 nitrogen and oxygen atoms in total. The average molecular weight is 584 g/mol. The van der Waals surface area contributed by atoms with Gasteiger partial charge in [-0.2, -0.15) is 5.26 Å². The maximum Gasteiger partial charge on any atom is 0.248 e. The van der Waals surface area contributed by atoms with E-state index in [-0.39, 0.29) is 11.9 Å². The van der Waals surface area contributed by atoms with E-state index < -0.39 is 0 Å². The fourth-order valence-electron chi connectivity index (χ4n) is 5.16. The van der Waals surface area contributed by atoms with Gasteiger partial charge in [-0.25, -0.2) is 0 Å². The third kappa shape index (κ3) is 6.93. The lowest BCUT2D eigenvalue weighted by molar-refractivity contribution is -0.112. The second kappa shape index (κ2) is 13.6. The monoisotopic (exact) mass is 583 g/mol. The molecule has 5 rings (SSSR count). The number of hydrogen-bond acceptors (Lipinski definition) is 7. The van der Waals surface area contributed by atoms with Gasteiger partial charge in [-0.1, -0.05) is 42.0 Å². The fourth-order valence-corrected chi connectivity index (χ4v) is 5.39. The fraction of sp³-hybridized carbons (Fsp3) is 0.303. The van der Waals surface area contributed by atoms with Gasteiger partial charge in [-0.15, -0.1) is 0 Å². The van der Waals surface area contributed by atoms with Crippen LogP contribution in [0.5, 0.6) is 11.5 Å².